The van der Waals surface area contributed by atoms with Gasteiger partial charge >= 0.3 is 5.97 Å². The first-order valence-corrected chi connectivity index (χ1v) is 7.19. The predicted molar refractivity (Wildman–Crippen MR) is 84.0 cm³/mol. The van der Waals surface area contributed by atoms with Crippen molar-refractivity contribution < 1.29 is 23.4 Å². The Balaban J connectivity index is 1.94. The highest BCUT2D eigenvalue weighted by molar-refractivity contribution is 5.74. The third-order valence-electron chi connectivity index (χ3n) is 3.24. The number of hydrogen-bond donors (Lipinski definition) is 0. The van der Waals surface area contributed by atoms with Gasteiger partial charge in [-0.15, -0.1) is 0 Å². The first-order valence-electron chi connectivity index (χ1n) is 7.19. The van der Waals surface area contributed by atoms with E-state index in [9.17, 15) is 9.18 Å². The molecular weight excluding hydrogens is 313 g/mol. The lowest BCUT2D eigenvalue weighted by atomic mass is 10.2. The average molecular weight is 329 g/mol. The summed E-state index contributed by atoms with van der Waals surface area (Å²) in [4.78, 5) is 12.0. The maximum Gasteiger partial charge on any atom is 0.347 e. The van der Waals surface area contributed by atoms with Crippen molar-refractivity contribution in [1.82, 2.24) is 0 Å². The Kier molecular flexibility index (Phi) is 5.74. The summed E-state index contributed by atoms with van der Waals surface area (Å²) in [7, 11) is 1.45. The molecule has 0 saturated carbocycles. The standard InChI is InChI=1S/C18H16FNO4/c1-12(24-16-6-3-13(10-20)4-7-16)18(21)23-11-14-9-15(19)5-8-17(14)22-2/h3-9,12H,11H2,1-2H3. The molecule has 2 aromatic rings. The van der Waals surface area contributed by atoms with Crippen LogP contribution in [0, 0.1) is 17.1 Å². The van der Waals surface area contributed by atoms with Gasteiger partial charge in [0.2, 0.25) is 0 Å². The van der Waals surface area contributed by atoms with Crippen molar-refractivity contribution in [2.75, 3.05) is 7.11 Å². The summed E-state index contributed by atoms with van der Waals surface area (Å²) in [6, 6.07) is 12.3. The molecule has 0 spiro atoms. The summed E-state index contributed by atoms with van der Waals surface area (Å²) in [6.07, 6.45) is -0.850. The van der Waals surface area contributed by atoms with E-state index in [2.05, 4.69) is 0 Å². The Morgan fingerprint density at radius 3 is 2.58 bits per heavy atom. The predicted octanol–water partition coefficient (Wildman–Crippen LogP) is 3.22. The first-order chi connectivity index (χ1) is 11.5. The lowest BCUT2D eigenvalue weighted by Gasteiger charge is -2.15. The Morgan fingerprint density at radius 1 is 1.25 bits per heavy atom. The molecule has 0 fully saturated rings. The van der Waals surface area contributed by atoms with Gasteiger partial charge in [0.25, 0.3) is 0 Å². The number of nitriles is 1. The van der Waals surface area contributed by atoms with Crippen LogP contribution in [0.15, 0.2) is 42.5 Å². The average Bonchev–Trinajstić information content (AvgIpc) is 2.60. The van der Waals surface area contributed by atoms with Crippen LogP contribution < -0.4 is 9.47 Å². The van der Waals surface area contributed by atoms with E-state index in [4.69, 9.17) is 19.5 Å². The second-order valence-electron chi connectivity index (χ2n) is 4.96. The number of rotatable bonds is 6. The third kappa shape index (κ3) is 4.46. The van der Waals surface area contributed by atoms with E-state index < -0.39 is 17.9 Å². The van der Waals surface area contributed by atoms with Crippen molar-refractivity contribution in [2.24, 2.45) is 0 Å². The molecule has 1 unspecified atom stereocenters. The zero-order valence-corrected chi connectivity index (χ0v) is 13.3. The van der Waals surface area contributed by atoms with Gasteiger partial charge in [-0.05, 0) is 49.4 Å². The van der Waals surface area contributed by atoms with E-state index in [1.807, 2.05) is 6.07 Å². The number of esters is 1. The number of ether oxygens (including phenoxy) is 3. The molecule has 0 amide bonds. The minimum absolute atomic E-state index is 0.124. The molecule has 24 heavy (non-hydrogen) atoms. The molecule has 0 aliphatic rings. The zero-order chi connectivity index (χ0) is 17.5. The van der Waals surface area contributed by atoms with Gasteiger partial charge in [0.15, 0.2) is 6.10 Å². The van der Waals surface area contributed by atoms with Gasteiger partial charge < -0.3 is 14.2 Å². The van der Waals surface area contributed by atoms with Crippen LogP contribution in [0.1, 0.15) is 18.1 Å². The van der Waals surface area contributed by atoms with Crippen molar-refractivity contribution >= 4 is 5.97 Å². The van der Waals surface area contributed by atoms with Crippen molar-refractivity contribution in [3.8, 4) is 17.6 Å². The number of methoxy groups -OCH3 is 1. The highest BCUT2D eigenvalue weighted by atomic mass is 19.1. The third-order valence-corrected chi connectivity index (χ3v) is 3.24. The number of carbonyl (C=O) groups is 1. The Morgan fingerprint density at radius 2 is 1.96 bits per heavy atom. The van der Waals surface area contributed by atoms with Crippen LogP contribution in [0.2, 0.25) is 0 Å². The number of carbonyl (C=O) groups excluding carboxylic acids is 1. The smallest absolute Gasteiger partial charge is 0.347 e. The summed E-state index contributed by atoms with van der Waals surface area (Å²) in [5, 5.41) is 8.74. The largest absolute Gasteiger partial charge is 0.496 e. The quantitative estimate of drug-likeness (QED) is 0.761. The zero-order valence-electron chi connectivity index (χ0n) is 13.3. The normalized spacial score (nSPS) is 11.2. The maximum atomic E-state index is 13.3. The first kappa shape index (κ1) is 17.3. The molecule has 6 heteroatoms. The van der Waals surface area contributed by atoms with Crippen LogP contribution in [-0.2, 0) is 16.1 Å². The fourth-order valence-corrected chi connectivity index (χ4v) is 1.99. The fourth-order valence-electron chi connectivity index (χ4n) is 1.99. The van der Waals surface area contributed by atoms with Gasteiger partial charge in [0.05, 0.1) is 18.7 Å². The van der Waals surface area contributed by atoms with Gasteiger partial charge in [-0.3, -0.25) is 0 Å². The molecule has 0 aromatic heterocycles. The summed E-state index contributed by atoms with van der Waals surface area (Å²) in [6.45, 7) is 1.42. The van der Waals surface area contributed by atoms with E-state index in [-0.39, 0.29) is 6.61 Å². The van der Waals surface area contributed by atoms with Crippen LogP contribution in [0.5, 0.6) is 11.5 Å². The number of halogens is 1. The van der Waals surface area contributed by atoms with Crippen molar-refractivity contribution in [3.05, 3.63) is 59.4 Å². The molecule has 0 radical (unpaired) electrons. The number of benzene rings is 2. The van der Waals surface area contributed by atoms with Crippen LogP contribution in [0.25, 0.3) is 0 Å². The summed E-state index contributed by atoms with van der Waals surface area (Å²) in [5.74, 6) is -0.152. The molecule has 0 aliphatic carbocycles. The molecule has 0 saturated heterocycles. The molecule has 124 valence electrons. The Labute approximate surface area is 139 Å². The summed E-state index contributed by atoms with van der Waals surface area (Å²) in [5.41, 5.74) is 0.923. The molecule has 5 nitrogen and oxygen atoms in total. The van der Waals surface area contributed by atoms with Gasteiger partial charge in [0.1, 0.15) is 23.9 Å². The lowest BCUT2D eigenvalue weighted by Crippen LogP contribution is -2.26. The van der Waals surface area contributed by atoms with Crippen molar-refractivity contribution in [2.45, 2.75) is 19.6 Å². The highest BCUT2D eigenvalue weighted by Gasteiger charge is 2.17. The monoisotopic (exact) mass is 329 g/mol. The van der Waals surface area contributed by atoms with Crippen LogP contribution in [0.3, 0.4) is 0 Å². The number of hydrogen-bond acceptors (Lipinski definition) is 5. The Hall–Kier alpha value is -3.07. The van der Waals surface area contributed by atoms with Gasteiger partial charge in [-0.1, -0.05) is 0 Å². The van der Waals surface area contributed by atoms with E-state index in [1.54, 1.807) is 31.2 Å². The molecular formula is C18H16FNO4. The molecule has 0 N–H and O–H groups in total. The second kappa shape index (κ2) is 7.97. The molecule has 2 rings (SSSR count). The van der Waals surface area contributed by atoms with Gasteiger partial charge in [-0.25, -0.2) is 9.18 Å². The SMILES string of the molecule is COc1ccc(F)cc1COC(=O)C(C)Oc1ccc(C#N)cc1. The minimum Gasteiger partial charge on any atom is -0.496 e. The van der Waals surface area contributed by atoms with Crippen molar-refractivity contribution in [1.29, 1.82) is 5.26 Å². The lowest BCUT2D eigenvalue weighted by molar-refractivity contribution is -0.152. The molecule has 0 aliphatic heterocycles. The van der Waals surface area contributed by atoms with Crippen LogP contribution >= 0.6 is 0 Å². The fraction of sp³-hybridized carbons (Fsp3) is 0.222. The van der Waals surface area contributed by atoms with E-state index in [0.29, 0.717) is 22.6 Å². The van der Waals surface area contributed by atoms with Crippen LogP contribution in [-0.4, -0.2) is 19.2 Å². The minimum atomic E-state index is -0.850. The number of nitrogens with zero attached hydrogens (tertiary/aromatic N) is 1. The Bertz CT molecular complexity index is 753. The van der Waals surface area contributed by atoms with E-state index in [0.717, 1.165) is 0 Å². The summed E-state index contributed by atoms with van der Waals surface area (Å²) >= 11 is 0. The topological polar surface area (TPSA) is 68.6 Å². The second-order valence-corrected chi connectivity index (χ2v) is 4.96. The van der Waals surface area contributed by atoms with Gasteiger partial charge in [-0.2, -0.15) is 5.26 Å². The maximum absolute atomic E-state index is 13.3. The van der Waals surface area contributed by atoms with Crippen molar-refractivity contribution in [3.63, 3.8) is 0 Å². The van der Waals surface area contributed by atoms with Crippen LogP contribution in [0.4, 0.5) is 4.39 Å². The molecule has 0 bridgehead atoms. The highest BCUT2D eigenvalue weighted by Crippen LogP contribution is 2.20. The summed E-state index contributed by atoms with van der Waals surface area (Å²) < 4.78 is 29.0. The molecule has 1 atom stereocenters. The van der Waals surface area contributed by atoms with E-state index in [1.165, 1.54) is 25.3 Å². The molecule has 2 aromatic carbocycles. The molecule has 0 heterocycles. The van der Waals surface area contributed by atoms with E-state index >= 15 is 0 Å². The van der Waals surface area contributed by atoms with Gasteiger partial charge in [0, 0.05) is 5.56 Å².